The maximum absolute atomic E-state index is 6.39. The molecule has 1 fully saturated rings. The number of aromatic nitrogens is 6. The highest BCUT2D eigenvalue weighted by atomic mass is 35.5. The second-order valence-electron chi connectivity index (χ2n) is 21.7. The van der Waals surface area contributed by atoms with Crippen molar-refractivity contribution in [2.45, 2.75) is 38.9 Å². The molecule has 88 heavy (non-hydrogen) atoms. The molecule has 0 bridgehead atoms. The molecule has 0 N–H and O–H groups in total. The minimum Gasteiger partial charge on any atom is -0.399 e. The second kappa shape index (κ2) is 27.9. The molecule has 0 amide bonds. The van der Waals surface area contributed by atoms with E-state index in [4.69, 9.17) is 49.1 Å². The molecule has 0 radical (unpaired) electrons. The molecule has 0 atom stereocenters. The van der Waals surface area contributed by atoms with Crippen LogP contribution in [0.25, 0.3) is 56.5 Å². The largest absolute Gasteiger partial charge is 0.494 e. The third-order valence-electron chi connectivity index (χ3n) is 15.2. The van der Waals surface area contributed by atoms with E-state index in [1.54, 1.807) is 0 Å². The fourth-order valence-corrected chi connectivity index (χ4v) is 10.8. The quantitative estimate of drug-likeness (QED) is 0.0882. The summed E-state index contributed by atoms with van der Waals surface area (Å²) in [6.07, 6.45) is 0. The van der Waals surface area contributed by atoms with E-state index in [9.17, 15) is 0 Å². The van der Waals surface area contributed by atoms with Crippen molar-refractivity contribution in [1.82, 2.24) is 29.9 Å². The van der Waals surface area contributed by atoms with Crippen molar-refractivity contribution in [1.29, 1.82) is 0 Å². The van der Waals surface area contributed by atoms with Gasteiger partial charge in [0.25, 0.3) is 0 Å². The lowest BCUT2D eigenvalue weighted by Gasteiger charge is -2.32. The molecule has 13 rings (SSSR count). The molecule has 8 nitrogen and oxygen atoms in total. The first kappa shape index (κ1) is 60.3. The van der Waals surface area contributed by atoms with Gasteiger partial charge < -0.3 is 9.31 Å². The van der Waals surface area contributed by atoms with Gasteiger partial charge in [-0.05, 0) is 141 Å². The lowest BCUT2D eigenvalue weighted by atomic mass is 9.76. The Labute approximate surface area is 530 Å². The molecule has 1 aliphatic rings. The van der Waals surface area contributed by atoms with Gasteiger partial charge in [-0.2, -0.15) is 24.9 Å². The van der Waals surface area contributed by atoms with Crippen molar-refractivity contribution in [3.05, 3.63) is 352 Å². The van der Waals surface area contributed by atoms with E-state index in [0.717, 1.165) is 61.1 Å². The van der Waals surface area contributed by atoms with Crippen LogP contribution in [0.15, 0.2) is 291 Å². The summed E-state index contributed by atoms with van der Waals surface area (Å²) in [4.78, 5) is 25.2. The smallest absolute Gasteiger partial charge is 0.399 e. The summed E-state index contributed by atoms with van der Waals surface area (Å²) >= 11 is 17.7. The Morgan fingerprint density at radius 2 is 0.523 bits per heavy atom. The summed E-state index contributed by atoms with van der Waals surface area (Å²) in [5.41, 5.74) is 16.6. The van der Waals surface area contributed by atoms with Gasteiger partial charge in [-0.25, -0.2) is 4.98 Å². The van der Waals surface area contributed by atoms with Gasteiger partial charge in [0.15, 0.2) is 17.5 Å². The van der Waals surface area contributed by atoms with E-state index in [1.807, 2.05) is 91.0 Å². The Kier molecular flexibility index (Phi) is 19.1. The monoisotopic (exact) mass is 1200 g/mol. The van der Waals surface area contributed by atoms with E-state index in [2.05, 4.69) is 253 Å². The molecule has 0 saturated carbocycles. The minimum absolute atomic E-state index is 0.101. The van der Waals surface area contributed by atoms with E-state index >= 15 is 0 Å². The van der Waals surface area contributed by atoms with Crippen LogP contribution in [0.3, 0.4) is 0 Å². The molecule has 2 aromatic heterocycles. The first-order chi connectivity index (χ1) is 42.9. The number of rotatable bonds is 12. The molecule has 430 valence electrons. The third-order valence-corrected chi connectivity index (χ3v) is 15.7. The van der Waals surface area contributed by atoms with E-state index in [1.165, 1.54) is 27.8 Å². The molecule has 10 aromatic carbocycles. The Morgan fingerprint density at radius 1 is 0.273 bits per heavy atom. The number of halogens is 3. The predicted octanol–water partition coefficient (Wildman–Crippen LogP) is 18.7. The van der Waals surface area contributed by atoms with Crippen LogP contribution in [0, 0.1) is 0 Å². The molecule has 3 heterocycles. The molecule has 1 saturated heterocycles. The van der Waals surface area contributed by atoms with Crippen LogP contribution in [-0.2, 0) is 9.31 Å². The fourth-order valence-electron chi connectivity index (χ4n) is 10.3. The van der Waals surface area contributed by atoms with E-state index in [-0.39, 0.29) is 27.1 Å². The Bertz CT molecular complexity index is 4220. The third kappa shape index (κ3) is 14.5. The zero-order chi connectivity index (χ0) is 60.9. The molecule has 1 aliphatic heterocycles. The van der Waals surface area contributed by atoms with E-state index < -0.39 is 7.12 Å². The van der Waals surface area contributed by atoms with Gasteiger partial charge >= 0.3 is 7.12 Å². The van der Waals surface area contributed by atoms with Gasteiger partial charge in [-0.3, -0.25) is 0 Å². The predicted molar refractivity (Wildman–Crippen MR) is 362 cm³/mol. The molecule has 12 aromatic rings. The Balaban J connectivity index is 0.000000150. The Hall–Kier alpha value is -9.45. The summed E-state index contributed by atoms with van der Waals surface area (Å²) in [7, 11) is -0.408. The number of benzene rings is 10. The van der Waals surface area contributed by atoms with Crippen molar-refractivity contribution < 1.29 is 9.31 Å². The van der Waals surface area contributed by atoms with Gasteiger partial charge in [0.1, 0.15) is 0 Å². The fraction of sp³-hybridized carbons (Fsp3) is 0.0789. The van der Waals surface area contributed by atoms with Crippen LogP contribution in [-0.4, -0.2) is 48.2 Å². The van der Waals surface area contributed by atoms with Crippen LogP contribution in [0.2, 0.25) is 15.9 Å². The van der Waals surface area contributed by atoms with Gasteiger partial charge in [0.05, 0.1) is 11.2 Å². The molecule has 0 spiro atoms. The van der Waals surface area contributed by atoms with Crippen molar-refractivity contribution >= 4 is 69.7 Å². The second-order valence-corrected chi connectivity index (χ2v) is 22.7. The molecule has 12 heteroatoms. The van der Waals surface area contributed by atoms with Crippen molar-refractivity contribution in [2.75, 3.05) is 0 Å². The highest BCUT2D eigenvalue weighted by molar-refractivity contribution is 6.62. The SMILES string of the molecule is CC1(C)OB(c2cccc(C(=C(c3ccccc3)c3ccccc3)c3ccccc3)c2)OC1(C)C.Clc1nc(-c2ccccc2)nc(-c2cccc(C(=C(c3ccccc3)c3ccccc3)c3ccccc3)c2)n1.Clc1nc(Cl)nc(-c2ccccc2)n1. The highest BCUT2D eigenvalue weighted by Gasteiger charge is 2.51. The number of hydrogen-bond acceptors (Lipinski definition) is 8. The summed E-state index contributed by atoms with van der Waals surface area (Å²) < 4.78 is 12.8. The topological polar surface area (TPSA) is 95.8 Å². The highest BCUT2D eigenvalue weighted by Crippen LogP contribution is 2.41. The first-order valence-electron chi connectivity index (χ1n) is 28.8. The molecular formula is C76H60BCl3N6O2. The molecular weight excluding hydrogens is 1150 g/mol. The summed E-state index contributed by atoms with van der Waals surface area (Å²) in [6.45, 7) is 8.37. The summed E-state index contributed by atoms with van der Waals surface area (Å²) in [5, 5.41) is 0.366. The minimum atomic E-state index is -0.408. The zero-order valence-electron chi connectivity index (χ0n) is 48.9. The van der Waals surface area contributed by atoms with Gasteiger partial charge in [0, 0.05) is 16.7 Å². The maximum atomic E-state index is 6.39. The van der Waals surface area contributed by atoms with E-state index in [0.29, 0.717) is 17.5 Å². The van der Waals surface area contributed by atoms with Crippen LogP contribution >= 0.6 is 34.8 Å². The lowest BCUT2D eigenvalue weighted by Crippen LogP contribution is -2.41. The van der Waals surface area contributed by atoms with Gasteiger partial charge in [-0.1, -0.05) is 285 Å². The normalized spacial score (nSPS) is 12.8. The van der Waals surface area contributed by atoms with Crippen LogP contribution in [0.4, 0.5) is 0 Å². The molecule has 0 unspecified atom stereocenters. The summed E-state index contributed by atoms with van der Waals surface area (Å²) in [5.74, 6) is 1.56. The van der Waals surface area contributed by atoms with Crippen molar-refractivity contribution in [3.63, 3.8) is 0 Å². The first-order valence-corrected chi connectivity index (χ1v) is 30.0. The van der Waals surface area contributed by atoms with Crippen LogP contribution < -0.4 is 5.46 Å². The lowest BCUT2D eigenvalue weighted by molar-refractivity contribution is 0.00578. The molecule has 0 aliphatic carbocycles. The maximum Gasteiger partial charge on any atom is 0.494 e. The average Bonchev–Trinajstić information content (AvgIpc) is 2.18. The standard InChI is InChI=1S/C35H24ClN3.C32H31BO2.C9H5Cl2N3/c36-35-38-33(28-20-11-4-12-21-28)37-34(39-35)30-23-13-22-29(24-30)32(27-18-9-3-10-19-27)31(25-14-5-1-6-15-25)26-16-7-2-8-17-26;1-31(2)32(3,4)35-33(34-31)28-22-14-21-27(23-28)30(26-19-12-7-13-20-26)29(24-15-8-5-9-16-24)25-17-10-6-11-18-25;10-8-12-7(13-9(11)14-8)6-4-2-1-3-5-6/h1-24H;5-23H,1-4H3;1-5H. The van der Waals surface area contributed by atoms with Gasteiger partial charge in [-0.15, -0.1) is 0 Å². The number of nitrogens with zero attached hydrogens (tertiary/aromatic N) is 6. The zero-order valence-corrected chi connectivity index (χ0v) is 51.2. The number of hydrogen-bond donors (Lipinski definition) is 0. The average molecular weight is 1210 g/mol. The Morgan fingerprint density at radius 3 is 0.875 bits per heavy atom. The van der Waals surface area contributed by atoms with Gasteiger partial charge in [0.2, 0.25) is 15.9 Å². The van der Waals surface area contributed by atoms with Crippen molar-refractivity contribution in [2.24, 2.45) is 0 Å². The van der Waals surface area contributed by atoms with Crippen LogP contribution in [0.1, 0.15) is 72.2 Å². The summed E-state index contributed by atoms with van der Waals surface area (Å²) in [6, 6.07) is 99.6. The van der Waals surface area contributed by atoms with Crippen LogP contribution in [0.5, 0.6) is 0 Å². The van der Waals surface area contributed by atoms with Crippen molar-refractivity contribution in [3.8, 4) is 34.2 Å².